The van der Waals surface area contributed by atoms with Gasteiger partial charge in [-0.3, -0.25) is 5.10 Å². The molecule has 4 heterocycles. The number of rotatable bonds is 4. The largest absolute Gasteiger partial charge is 0.492 e. The molecular formula is C17H23N7O3. The summed E-state index contributed by atoms with van der Waals surface area (Å²) in [7, 11) is 1.49. The topological polar surface area (TPSA) is 111 Å². The monoisotopic (exact) mass is 373 g/mol. The Hall–Kier alpha value is -3.17. The van der Waals surface area contributed by atoms with Gasteiger partial charge in [-0.05, 0) is 32.8 Å². The number of fused-ring (bicyclic) bond motifs is 1. The molecule has 0 aliphatic carbocycles. The number of aryl methyl sites for hydroxylation is 1. The van der Waals surface area contributed by atoms with E-state index in [0.29, 0.717) is 23.8 Å². The highest BCUT2D eigenvalue weighted by Crippen LogP contribution is 2.20. The van der Waals surface area contributed by atoms with Crippen LogP contribution in [0.4, 0.5) is 5.82 Å². The maximum Gasteiger partial charge on any atom is 0.360 e. The van der Waals surface area contributed by atoms with Gasteiger partial charge in [-0.2, -0.15) is 19.7 Å². The van der Waals surface area contributed by atoms with E-state index < -0.39 is 5.97 Å². The zero-order chi connectivity index (χ0) is 19.2. The first kappa shape index (κ1) is 18.6. The third kappa shape index (κ3) is 3.99. The fraction of sp³-hybridized carbons (Fsp3) is 0.471. The van der Waals surface area contributed by atoms with Gasteiger partial charge in [0.2, 0.25) is 0 Å². The van der Waals surface area contributed by atoms with Gasteiger partial charge < -0.3 is 14.4 Å². The molecule has 0 radical (unpaired) electrons. The molecule has 0 spiro atoms. The first-order valence-electron chi connectivity index (χ1n) is 8.81. The number of hydrogen-bond donors (Lipinski definition) is 1. The summed E-state index contributed by atoms with van der Waals surface area (Å²) in [6.45, 7) is 6.05. The number of esters is 1. The van der Waals surface area contributed by atoms with Gasteiger partial charge >= 0.3 is 5.97 Å². The van der Waals surface area contributed by atoms with Gasteiger partial charge in [0.15, 0.2) is 11.4 Å². The molecule has 10 heteroatoms. The number of anilines is 1. The lowest BCUT2D eigenvalue weighted by atomic mass is 10.3. The van der Waals surface area contributed by atoms with E-state index in [4.69, 9.17) is 9.47 Å². The second-order valence-corrected chi connectivity index (χ2v) is 5.91. The predicted octanol–water partition coefficient (Wildman–Crippen LogP) is 1.63. The summed E-state index contributed by atoms with van der Waals surface area (Å²) in [5, 5.41) is 10.6. The summed E-state index contributed by atoms with van der Waals surface area (Å²) in [5.74, 6) is 1.78. The molecule has 3 aromatic heterocycles. The van der Waals surface area contributed by atoms with Crippen LogP contribution in [0.3, 0.4) is 0 Å². The number of nitrogens with zero attached hydrogens (tertiary/aromatic N) is 6. The van der Waals surface area contributed by atoms with E-state index in [1.807, 2.05) is 6.07 Å². The number of carbonyl (C=O) groups excluding carboxylic acids is 1. The summed E-state index contributed by atoms with van der Waals surface area (Å²) in [6, 6.07) is 1.99. The summed E-state index contributed by atoms with van der Waals surface area (Å²) in [5.41, 5.74) is 0.910. The standard InChI is InChI=1S/C9H11N5.C8H12N2O3/c1-2-6-13(5-1)8-3-4-10-9-11-7-12-14(8)9;1-4-13-8(11)6-7(12-3)5(2)9-10-6/h3-4,7H,1-2,5-6H2;4H2,1-3H3,(H,9,10). The van der Waals surface area contributed by atoms with Gasteiger partial charge in [-0.25, -0.2) is 9.78 Å². The van der Waals surface area contributed by atoms with Crippen LogP contribution in [0.5, 0.6) is 5.75 Å². The van der Waals surface area contributed by atoms with E-state index in [2.05, 4.69) is 30.2 Å². The van der Waals surface area contributed by atoms with Crippen molar-refractivity contribution in [2.45, 2.75) is 26.7 Å². The van der Waals surface area contributed by atoms with Crippen molar-refractivity contribution >= 4 is 17.6 Å². The Kier molecular flexibility index (Phi) is 5.84. The Bertz CT molecular complexity index is 899. The van der Waals surface area contributed by atoms with Crippen LogP contribution in [0.1, 0.15) is 35.9 Å². The number of hydrogen-bond acceptors (Lipinski definition) is 8. The van der Waals surface area contributed by atoms with Gasteiger partial charge in [0.05, 0.1) is 13.7 Å². The Labute approximate surface area is 156 Å². The third-order valence-electron chi connectivity index (χ3n) is 4.17. The fourth-order valence-corrected chi connectivity index (χ4v) is 2.93. The summed E-state index contributed by atoms with van der Waals surface area (Å²) < 4.78 is 11.6. The minimum atomic E-state index is -0.444. The van der Waals surface area contributed by atoms with Crippen molar-refractivity contribution in [1.82, 2.24) is 29.8 Å². The normalized spacial score (nSPS) is 13.4. The number of methoxy groups -OCH3 is 1. The molecule has 0 aromatic carbocycles. The Morgan fingerprint density at radius 3 is 2.78 bits per heavy atom. The average Bonchev–Trinajstić information content (AvgIpc) is 3.42. The minimum Gasteiger partial charge on any atom is -0.492 e. The molecule has 0 saturated carbocycles. The van der Waals surface area contributed by atoms with Gasteiger partial charge in [0.1, 0.15) is 17.8 Å². The lowest BCUT2D eigenvalue weighted by Crippen LogP contribution is -2.21. The molecule has 4 rings (SSSR count). The quantitative estimate of drug-likeness (QED) is 0.687. The molecule has 1 N–H and O–H groups in total. The van der Waals surface area contributed by atoms with E-state index in [-0.39, 0.29) is 5.69 Å². The summed E-state index contributed by atoms with van der Waals surface area (Å²) in [4.78, 5) is 21.8. The second-order valence-electron chi connectivity index (χ2n) is 5.91. The highest BCUT2D eigenvalue weighted by Gasteiger charge is 2.18. The third-order valence-corrected chi connectivity index (χ3v) is 4.17. The van der Waals surface area contributed by atoms with Gasteiger partial charge in [-0.1, -0.05) is 0 Å². The molecule has 0 unspecified atom stereocenters. The van der Waals surface area contributed by atoms with Crippen LogP contribution >= 0.6 is 0 Å². The minimum absolute atomic E-state index is 0.266. The van der Waals surface area contributed by atoms with Crippen LogP contribution in [0, 0.1) is 6.92 Å². The fourth-order valence-electron chi connectivity index (χ4n) is 2.93. The van der Waals surface area contributed by atoms with E-state index in [1.54, 1.807) is 30.9 Å². The molecule has 144 valence electrons. The lowest BCUT2D eigenvalue weighted by molar-refractivity contribution is 0.0515. The van der Waals surface area contributed by atoms with Crippen molar-refractivity contribution in [2.75, 3.05) is 31.7 Å². The smallest absolute Gasteiger partial charge is 0.360 e. The molecule has 1 fully saturated rings. The second kappa shape index (κ2) is 8.47. The number of carbonyl (C=O) groups is 1. The number of aromatic nitrogens is 6. The zero-order valence-electron chi connectivity index (χ0n) is 15.7. The molecule has 27 heavy (non-hydrogen) atoms. The van der Waals surface area contributed by atoms with Crippen molar-refractivity contribution in [1.29, 1.82) is 0 Å². The Morgan fingerprint density at radius 2 is 2.07 bits per heavy atom. The maximum absolute atomic E-state index is 11.3. The molecule has 0 amide bonds. The number of ether oxygens (including phenoxy) is 2. The first-order valence-corrected chi connectivity index (χ1v) is 8.81. The van der Waals surface area contributed by atoms with Gasteiger partial charge in [0, 0.05) is 19.3 Å². The van der Waals surface area contributed by atoms with Crippen LogP contribution in [-0.4, -0.2) is 62.6 Å². The molecule has 1 aliphatic rings. The highest BCUT2D eigenvalue weighted by molar-refractivity contribution is 5.90. The van der Waals surface area contributed by atoms with Gasteiger partial charge in [-0.15, -0.1) is 0 Å². The van der Waals surface area contributed by atoms with Crippen molar-refractivity contribution < 1.29 is 14.3 Å². The SMILES string of the molecule is CCOC(=O)c1[nH]nc(C)c1OC.c1cc(N2CCCC2)n2ncnc2n1. The zero-order valence-corrected chi connectivity index (χ0v) is 15.7. The summed E-state index contributed by atoms with van der Waals surface area (Å²) >= 11 is 0. The van der Waals surface area contributed by atoms with Crippen LogP contribution in [-0.2, 0) is 4.74 Å². The van der Waals surface area contributed by atoms with Crippen molar-refractivity contribution in [3.05, 3.63) is 30.0 Å². The van der Waals surface area contributed by atoms with Crippen LogP contribution in [0.25, 0.3) is 5.78 Å². The molecule has 3 aromatic rings. The molecule has 10 nitrogen and oxygen atoms in total. The van der Waals surface area contributed by atoms with Gasteiger partial charge in [0.25, 0.3) is 5.78 Å². The number of aromatic amines is 1. The molecule has 0 atom stereocenters. The van der Waals surface area contributed by atoms with E-state index in [1.165, 1.54) is 20.0 Å². The first-order chi connectivity index (χ1) is 13.2. The van der Waals surface area contributed by atoms with E-state index in [0.717, 1.165) is 18.9 Å². The average molecular weight is 373 g/mol. The summed E-state index contributed by atoms with van der Waals surface area (Å²) in [6.07, 6.45) is 5.86. The maximum atomic E-state index is 11.3. The Balaban J connectivity index is 0.000000157. The molecule has 1 saturated heterocycles. The molecule has 0 bridgehead atoms. The number of nitrogens with one attached hydrogen (secondary N) is 1. The van der Waals surface area contributed by atoms with Crippen LogP contribution < -0.4 is 9.64 Å². The highest BCUT2D eigenvalue weighted by atomic mass is 16.5. The Morgan fingerprint density at radius 1 is 1.30 bits per heavy atom. The molecule has 1 aliphatic heterocycles. The predicted molar refractivity (Wildman–Crippen MR) is 98.1 cm³/mol. The molecular weight excluding hydrogens is 350 g/mol. The number of H-pyrrole nitrogens is 1. The van der Waals surface area contributed by atoms with Crippen LogP contribution in [0.15, 0.2) is 18.6 Å². The van der Waals surface area contributed by atoms with Crippen molar-refractivity contribution in [2.24, 2.45) is 0 Å². The lowest BCUT2D eigenvalue weighted by Gasteiger charge is -2.17. The van der Waals surface area contributed by atoms with Crippen molar-refractivity contribution in [3.8, 4) is 5.75 Å². The van der Waals surface area contributed by atoms with E-state index in [9.17, 15) is 4.79 Å². The van der Waals surface area contributed by atoms with Crippen LogP contribution in [0.2, 0.25) is 0 Å². The van der Waals surface area contributed by atoms with E-state index >= 15 is 0 Å². The van der Waals surface area contributed by atoms with Crippen molar-refractivity contribution in [3.63, 3.8) is 0 Å².